The van der Waals surface area contributed by atoms with Gasteiger partial charge in [0.25, 0.3) is 5.66 Å². The summed E-state index contributed by atoms with van der Waals surface area (Å²) in [6.45, 7) is 10.0. The van der Waals surface area contributed by atoms with E-state index in [4.69, 9.17) is 14.2 Å². The lowest BCUT2D eigenvalue weighted by Crippen LogP contribution is -2.59. The summed E-state index contributed by atoms with van der Waals surface area (Å²) in [4.78, 5) is 43.2. The van der Waals surface area contributed by atoms with Crippen molar-refractivity contribution in [3.05, 3.63) is 34.3 Å². The molecular formula is C20H26BrN3O6. The molecule has 1 aromatic rings. The average molecular weight is 484 g/mol. The highest BCUT2D eigenvalue weighted by Crippen LogP contribution is 2.38. The van der Waals surface area contributed by atoms with E-state index in [1.165, 1.54) is 7.11 Å². The first-order chi connectivity index (χ1) is 13.7. The first-order valence-electron chi connectivity index (χ1n) is 9.16. The first kappa shape index (κ1) is 23.7. The van der Waals surface area contributed by atoms with E-state index < -0.39 is 35.0 Å². The van der Waals surface area contributed by atoms with Crippen LogP contribution >= 0.6 is 15.9 Å². The highest BCUT2D eigenvalue weighted by Gasteiger charge is 2.58. The molecule has 0 unspecified atom stereocenters. The molecule has 164 valence electrons. The van der Waals surface area contributed by atoms with E-state index in [2.05, 4.69) is 20.9 Å². The Hall–Kier alpha value is -2.62. The van der Waals surface area contributed by atoms with Crippen LogP contribution in [0.3, 0.4) is 0 Å². The number of rotatable bonds is 2. The van der Waals surface area contributed by atoms with E-state index in [0.29, 0.717) is 5.56 Å². The Bertz CT molecular complexity index is 857. The van der Waals surface area contributed by atoms with Crippen molar-refractivity contribution in [2.75, 3.05) is 7.11 Å². The zero-order valence-corrected chi connectivity index (χ0v) is 19.6. The summed E-state index contributed by atoms with van der Waals surface area (Å²) in [5, 5.41) is 1.62. The molecule has 10 heteroatoms. The summed E-state index contributed by atoms with van der Waals surface area (Å²) < 4.78 is 16.6. The van der Waals surface area contributed by atoms with Crippen molar-refractivity contribution in [2.45, 2.75) is 58.4 Å². The molecule has 9 nitrogen and oxygen atoms in total. The number of amides is 2. The van der Waals surface area contributed by atoms with Crippen molar-refractivity contribution in [3.63, 3.8) is 0 Å². The quantitative estimate of drug-likeness (QED) is 0.461. The number of halogens is 1. The van der Waals surface area contributed by atoms with Gasteiger partial charge in [0.05, 0.1) is 7.11 Å². The van der Waals surface area contributed by atoms with Crippen LogP contribution in [0.25, 0.3) is 0 Å². The summed E-state index contributed by atoms with van der Waals surface area (Å²) in [7, 11) is 1.17. The topological polar surface area (TPSA) is 97.7 Å². The Morgan fingerprint density at radius 1 is 0.933 bits per heavy atom. The number of carbonyl (C=O) groups excluding carboxylic acids is 3. The maximum absolute atomic E-state index is 13.2. The number of hydrazine groups is 1. The van der Waals surface area contributed by atoms with E-state index in [-0.39, 0.29) is 0 Å². The number of ether oxygens (including phenoxy) is 3. The van der Waals surface area contributed by atoms with Crippen LogP contribution in [0.4, 0.5) is 9.59 Å². The smallest absolute Gasteiger partial charge is 0.435 e. The fourth-order valence-corrected chi connectivity index (χ4v) is 2.91. The number of aliphatic imine (C=N–C) groups is 1. The molecule has 1 aliphatic heterocycles. The minimum atomic E-state index is -2.01. The van der Waals surface area contributed by atoms with E-state index in [9.17, 15) is 14.4 Å². The lowest BCUT2D eigenvalue weighted by atomic mass is 9.99. The molecule has 0 saturated carbocycles. The van der Waals surface area contributed by atoms with Gasteiger partial charge in [-0.15, -0.1) is 0 Å². The van der Waals surface area contributed by atoms with Gasteiger partial charge in [-0.2, -0.15) is 10.0 Å². The third-order valence-electron chi connectivity index (χ3n) is 3.74. The molecule has 0 bridgehead atoms. The van der Waals surface area contributed by atoms with E-state index >= 15 is 0 Å². The maximum atomic E-state index is 13.2. The summed E-state index contributed by atoms with van der Waals surface area (Å²) >= 11 is 3.33. The third-order valence-corrected chi connectivity index (χ3v) is 4.27. The van der Waals surface area contributed by atoms with Gasteiger partial charge in [0.15, 0.2) is 0 Å². The van der Waals surface area contributed by atoms with Gasteiger partial charge in [-0.1, -0.05) is 28.1 Å². The Morgan fingerprint density at radius 3 is 1.90 bits per heavy atom. The third kappa shape index (κ3) is 4.92. The number of esters is 1. The average Bonchev–Trinajstić information content (AvgIpc) is 3.00. The summed E-state index contributed by atoms with van der Waals surface area (Å²) in [6.07, 6.45) is -0.823. The van der Waals surface area contributed by atoms with Crippen molar-refractivity contribution in [1.29, 1.82) is 0 Å². The molecule has 0 fully saturated rings. The van der Waals surface area contributed by atoms with Crippen LogP contribution in [-0.4, -0.2) is 52.8 Å². The van der Waals surface area contributed by atoms with Crippen LogP contribution in [0.5, 0.6) is 0 Å². The van der Waals surface area contributed by atoms with Gasteiger partial charge < -0.3 is 14.2 Å². The number of hydrogen-bond acceptors (Lipinski definition) is 7. The number of carbonyl (C=O) groups is 3. The first-order valence-corrected chi connectivity index (χ1v) is 9.96. The van der Waals surface area contributed by atoms with Crippen molar-refractivity contribution < 1.29 is 28.6 Å². The molecule has 0 aliphatic carbocycles. The minimum Gasteiger partial charge on any atom is -0.465 e. The minimum absolute atomic E-state index is 0.297. The zero-order chi connectivity index (χ0) is 22.9. The Kier molecular flexibility index (Phi) is 6.51. The van der Waals surface area contributed by atoms with Gasteiger partial charge in [-0.25, -0.2) is 19.4 Å². The normalized spacial score (nSPS) is 18.9. The molecule has 2 rings (SSSR count). The predicted octanol–water partition coefficient (Wildman–Crippen LogP) is 4.21. The van der Waals surface area contributed by atoms with Crippen LogP contribution in [0.1, 0.15) is 47.1 Å². The van der Waals surface area contributed by atoms with E-state index in [1.54, 1.807) is 65.8 Å². The van der Waals surface area contributed by atoms with E-state index in [0.717, 1.165) is 20.8 Å². The standard InChI is InChI=1S/C20H26BrN3O6/c1-18(2,3)29-16(26)23-12-22-20(15(25)28-7,13-8-10-14(21)11-9-13)24(23)17(27)30-19(4,5)6/h8-12H,1-7H3/t20-/m0/s1. The highest BCUT2D eigenvalue weighted by molar-refractivity contribution is 9.10. The van der Waals surface area contributed by atoms with Gasteiger partial charge >= 0.3 is 18.2 Å². The molecule has 0 radical (unpaired) electrons. The Balaban J connectivity index is 2.64. The van der Waals surface area contributed by atoms with Crippen molar-refractivity contribution >= 4 is 40.4 Å². The molecule has 1 atom stereocenters. The van der Waals surface area contributed by atoms with Crippen LogP contribution in [0, 0.1) is 0 Å². The second-order valence-corrected chi connectivity index (χ2v) is 9.45. The van der Waals surface area contributed by atoms with Crippen LogP contribution < -0.4 is 0 Å². The molecule has 0 spiro atoms. The molecule has 0 N–H and O–H groups in total. The van der Waals surface area contributed by atoms with Crippen LogP contribution in [0.15, 0.2) is 33.7 Å². The molecular weight excluding hydrogens is 458 g/mol. The van der Waals surface area contributed by atoms with Crippen molar-refractivity contribution in [3.8, 4) is 0 Å². The van der Waals surface area contributed by atoms with Gasteiger partial charge in [0, 0.05) is 10.0 Å². The SMILES string of the molecule is COC(=O)[C@@]1(c2ccc(Br)cc2)N=CN(C(=O)OC(C)(C)C)N1C(=O)OC(C)(C)C. The molecule has 1 aromatic carbocycles. The number of nitrogens with zero attached hydrogens (tertiary/aromatic N) is 3. The van der Waals surface area contributed by atoms with Gasteiger partial charge in [0.1, 0.15) is 17.5 Å². The molecule has 1 heterocycles. The highest BCUT2D eigenvalue weighted by atomic mass is 79.9. The Morgan fingerprint density at radius 2 is 1.43 bits per heavy atom. The number of methoxy groups -OCH3 is 1. The number of hydrogen-bond donors (Lipinski definition) is 0. The molecule has 0 aromatic heterocycles. The maximum Gasteiger partial charge on any atom is 0.435 e. The van der Waals surface area contributed by atoms with Crippen LogP contribution in [-0.2, 0) is 24.7 Å². The van der Waals surface area contributed by atoms with Gasteiger partial charge in [-0.05, 0) is 53.7 Å². The van der Waals surface area contributed by atoms with Crippen molar-refractivity contribution in [2.24, 2.45) is 4.99 Å². The second-order valence-electron chi connectivity index (χ2n) is 8.53. The van der Waals surface area contributed by atoms with Gasteiger partial charge in [-0.3, -0.25) is 0 Å². The lowest BCUT2D eigenvalue weighted by Gasteiger charge is -2.38. The predicted molar refractivity (Wildman–Crippen MR) is 112 cm³/mol. The summed E-state index contributed by atoms with van der Waals surface area (Å²) in [6, 6.07) is 6.54. The summed E-state index contributed by atoms with van der Waals surface area (Å²) in [5.41, 5.74) is -3.46. The molecule has 1 aliphatic rings. The zero-order valence-electron chi connectivity index (χ0n) is 18.1. The second kappa shape index (κ2) is 8.25. The fraction of sp³-hybridized carbons (Fsp3) is 0.500. The van der Waals surface area contributed by atoms with E-state index in [1.807, 2.05) is 0 Å². The lowest BCUT2D eigenvalue weighted by molar-refractivity contribution is -0.160. The van der Waals surface area contributed by atoms with Gasteiger partial charge in [0.2, 0.25) is 0 Å². The molecule has 30 heavy (non-hydrogen) atoms. The molecule has 0 saturated heterocycles. The Labute approximate surface area is 184 Å². The molecule has 2 amide bonds. The number of benzene rings is 1. The monoisotopic (exact) mass is 483 g/mol. The van der Waals surface area contributed by atoms with Crippen LogP contribution in [0.2, 0.25) is 0 Å². The largest absolute Gasteiger partial charge is 0.465 e. The van der Waals surface area contributed by atoms with Crippen molar-refractivity contribution in [1.82, 2.24) is 10.0 Å². The fourth-order valence-electron chi connectivity index (χ4n) is 2.64. The summed E-state index contributed by atoms with van der Waals surface area (Å²) in [5.74, 6) is -0.877.